The number of benzene rings is 6. The average Bonchev–Trinajstić information content (AvgIpc) is 4.21. The number of rotatable bonds is 13. The van der Waals surface area contributed by atoms with Crippen LogP contribution in [0.15, 0.2) is 165 Å². The molecule has 0 atom stereocenters. The number of nitrogens with zero attached hydrogens (tertiary/aromatic N) is 2. The summed E-state index contributed by atoms with van der Waals surface area (Å²) in [5.74, 6) is -0.0134. The molecule has 0 unspecified atom stereocenters. The van der Waals surface area contributed by atoms with E-state index in [0.29, 0.717) is 54.2 Å². The van der Waals surface area contributed by atoms with Gasteiger partial charge < -0.3 is 20.3 Å². The van der Waals surface area contributed by atoms with E-state index in [0.717, 1.165) is 68.8 Å². The number of anilines is 2. The van der Waals surface area contributed by atoms with Crippen molar-refractivity contribution in [2.24, 2.45) is 0 Å². The summed E-state index contributed by atoms with van der Waals surface area (Å²) in [6, 6.07) is 45.9. The molecule has 0 bridgehead atoms. The lowest BCUT2D eigenvalue weighted by molar-refractivity contribution is 0.0634. The molecule has 368 valence electrons. The second kappa shape index (κ2) is 22.0. The van der Waals surface area contributed by atoms with Crippen LogP contribution in [0.2, 0.25) is 0 Å². The summed E-state index contributed by atoms with van der Waals surface area (Å²) in [6.45, 7) is 7.50. The second-order valence-corrected chi connectivity index (χ2v) is 22.4. The number of fused-ring (bicyclic) bond motifs is 2. The highest BCUT2D eigenvalue weighted by Gasteiger charge is 2.30. The molecule has 14 heteroatoms. The van der Waals surface area contributed by atoms with Gasteiger partial charge in [-0.25, -0.2) is 4.79 Å². The number of ketones is 2. The van der Waals surface area contributed by atoms with E-state index >= 15 is 0 Å². The third-order valence-corrected chi connectivity index (χ3v) is 15.8. The topological polar surface area (TPSA) is 139 Å². The molecule has 2 aliphatic heterocycles. The Morgan fingerprint density at radius 3 is 1.52 bits per heavy atom. The van der Waals surface area contributed by atoms with Crippen LogP contribution in [-0.4, -0.2) is 44.9 Å². The molecule has 0 aliphatic carbocycles. The van der Waals surface area contributed by atoms with E-state index in [1.54, 1.807) is 60.5 Å². The number of nitrogens with one attached hydrogen (secondary N) is 1. The molecule has 0 fully saturated rings. The highest BCUT2D eigenvalue weighted by molar-refractivity contribution is 9.10. The molecule has 3 amide bonds. The van der Waals surface area contributed by atoms with Gasteiger partial charge in [0.1, 0.15) is 5.60 Å². The lowest BCUT2D eigenvalue weighted by Crippen LogP contribution is -2.27. The van der Waals surface area contributed by atoms with E-state index in [9.17, 15) is 24.0 Å². The van der Waals surface area contributed by atoms with Gasteiger partial charge in [0.2, 0.25) is 0 Å². The first-order valence-corrected chi connectivity index (χ1v) is 26.9. The zero-order chi connectivity index (χ0) is 51.4. The molecule has 0 spiro atoms. The van der Waals surface area contributed by atoms with E-state index in [-0.39, 0.29) is 36.2 Å². The predicted molar refractivity (Wildman–Crippen MR) is 298 cm³/mol. The Kier molecular flexibility index (Phi) is 15.4. The van der Waals surface area contributed by atoms with Gasteiger partial charge in [-0.1, -0.05) is 117 Å². The Morgan fingerprint density at radius 1 is 0.603 bits per heavy atom. The number of carbonyl (C=O) groups is 5. The Balaban J connectivity index is 0.000000183. The van der Waals surface area contributed by atoms with Crippen LogP contribution in [-0.2, 0) is 43.8 Å². The summed E-state index contributed by atoms with van der Waals surface area (Å²) >= 11 is 10.3. The molecule has 0 saturated heterocycles. The minimum atomic E-state index is -0.641. The molecule has 2 aliphatic rings. The maximum Gasteiger partial charge on any atom is 0.412 e. The van der Waals surface area contributed by atoms with Gasteiger partial charge in [-0.2, -0.15) is 0 Å². The summed E-state index contributed by atoms with van der Waals surface area (Å²) in [6.07, 6.45) is -0.212. The van der Waals surface area contributed by atoms with Crippen LogP contribution in [0.5, 0.6) is 0 Å². The van der Waals surface area contributed by atoms with Crippen LogP contribution in [0.25, 0.3) is 20.9 Å². The van der Waals surface area contributed by atoms with Crippen molar-refractivity contribution in [3.63, 3.8) is 0 Å². The Morgan fingerprint density at radius 2 is 1.07 bits per heavy atom. The monoisotopic (exact) mass is 1130 g/mol. The van der Waals surface area contributed by atoms with Crippen molar-refractivity contribution in [3.8, 4) is 20.9 Å². The van der Waals surface area contributed by atoms with Crippen molar-refractivity contribution in [1.82, 2.24) is 9.80 Å². The molecular formula is C59H50Br2N4O6S2. The van der Waals surface area contributed by atoms with E-state index in [2.05, 4.69) is 43.2 Å². The van der Waals surface area contributed by atoms with Crippen molar-refractivity contribution in [1.29, 1.82) is 0 Å². The number of hydrogen-bond acceptors (Lipinski definition) is 9. The van der Waals surface area contributed by atoms with Crippen molar-refractivity contribution in [2.45, 2.75) is 65.4 Å². The molecule has 73 heavy (non-hydrogen) atoms. The first-order valence-electron chi connectivity index (χ1n) is 23.5. The summed E-state index contributed by atoms with van der Waals surface area (Å²) in [5.41, 5.74) is 16.9. The van der Waals surface area contributed by atoms with Crippen LogP contribution >= 0.6 is 54.5 Å². The molecule has 2 aromatic heterocycles. The predicted octanol–water partition coefficient (Wildman–Crippen LogP) is 14.4. The molecular weight excluding hydrogens is 1080 g/mol. The van der Waals surface area contributed by atoms with Crippen molar-refractivity contribution >= 4 is 95.4 Å². The van der Waals surface area contributed by atoms with Crippen LogP contribution in [0.3, 0.4) is 0 Å². The van der Waals surface area contributed by atoms with Gasteiger partial charge in [0.15, 0.2) is 11.6 Å². The lowest BCUT2D eigenvalue weighted by Gasteiger charge is -2.20. The summed E-state index contributed by atoms with van der Waals surface area (Å²) < 4.78 is 7.32. The molecule has 0 radical (unpaired) electrons. The van der Waals surface area contributed by atoms with Crippen molar-refractivity contribution < 1.29 is 28.7 Å². The van der Waals surface area contributed by atoms with Crippen LogP contribution in [0, 0.1) is 0 Å². The zero-order valence-electron chi connectivity index (χ0n) is 40.2. The molecule has 10 rings (SSSR count). The first-order chi connectivity index (χ1) is 35.1. The third kappa shape index (κ3) is 12.1. The zero-order valence-corrected chi connectivity index (χ0v) is 45.1. The van der Waals surface area contributed by atoms with Gasteiger partial charge >= 0.3 is 6.09 Å². The molecule has 10 nitrogen and oxygen atoms in total. The fourth-order valence-electron chi connectivity index (χ4n) is 8.77. The van der Waals surface area contributed by atoms with Gasteiger partial charge in [0.25, 0.3) is 11.8 Å². The Bertz CT molecular complexity index is 3370. The molecule has 8 aromatic rings. The summed E-state index contributed by atoms with van der Waals surface area (Å²) in [4.78, 5) is 70.2. The van der Waals surface area contributed by atoms with Crippen LogP contribution in [0.1, 0.15) is 95.6 Å². The normalized spacial score (nSPS) is 12.8. The number of Topliss-reactive ketones (excluding diaryl/α,β-unsaturated/α-hetero) is 2. The molecule has 3 N–H and O–H groups in total. The van der Waals surface area contributed by atoms with Gasteiger partial charge in [0.05, 0.1) is 0 Å². The summed E-state index contributed by atoms with van der Waals surface area (Å²) in [7, 11) is 0. The number of ether oxygens (including phenoxy) is 1. The number of nitrogen functional groups attached to an aromatic ring is 1. The minimum Gasteiger partial charge on any atom is -0.444 e. The minimum absolute atomic E-state index is 0.00657. The average molecular weight is 1140 g/mol. The molecule has 6 aromatic carbocycles. The third-order valence-electron chi connectivity index (χ3n) is 12.5. The second-order valence-electron chi connectivity index (χ2n) is 18.8. The quantitative estimate of drug-likeness (QED) is 0.0866. The number of carbonyl (C=O) groups excluding carboxylic acids is 5. The molecule has 0 saturated carbocycles. The lowest BCUT2D eigenvalue weighted by atomic mass is 9.98. The van der Waals surface area contributed by atoms with Crippen molar-refractivity contribution in [2.75, 3.05) is 11.1 Å². The smallest absolute Gasteiger partial charge is 0.412 e. The number of halogens is 2. The van der Waals surface area contributed by atoms with E-state index in [1.165, 1.54) is 0 Å². The number of thiophene rings is 2. The SMILES string of the molecule is CC(C)(C)OC(=O)Nc1ccc(-c2cccs2)cc1CC(=O)c1ccc(CN2Cc3c(Br)cccc3C2=O)cc1.Nc1ccc(-c2cccs2)cc1CC(=O)c1ccc(CN2Cc3c(Br)cccc3C2=O)cc1. The number of amides is 3. The highest BCUT2D eigenvalue weighted by atomic mass is 79.9. The summed E-state index contributed by atoms with van der Waals surface area (Å²) in [5, 5.41) is 6.85. The van der Waals surface area contributed by atoms with Gasteiger partial charge in [-0.05, 0) is 137 Å². The first kappa shape index (κ1) is 51.0. The fourth-order valence-corrected chi connectivity index (χ4v) is 11.2. The maximum atomic E-state index is 13.4. The molecule has 4 heterocycles. The van der Waals surface area contributed by atoms with Gasteiger partial charge in [-0.3, -0.25) is 24.5 Å². The number of hydrogen-bond donors (Lipinski definition) is 2. The van der Waals surface area contributed by atoms with Crippen LogP contribution in [0.4, 0.5) is 16.2 Å². The maximum absolute atomic E-state index is 13.4. The van der Waals surface area contributed by atoms with Crippen LogP contribution < -0.4 is 11.1 Å². The van der Waals surface area contributed by atoms with Crippen molar-refractivity contribution in [3.05, 3.63) is 221 Å². The van der Waals surface area contributed by atoms with Gasteiger partial charge in [0, 0.05) is 91.3 Å². The standard InChI is InChI=1S/C32H29BrN2O4S.C27H21BrN2O2S/c1-32(2,3)39-31(38)34-27-14-13-22(29-8-5-15-40-29)16-23(27)17-28(36)21-11-9-20(10-12-21)18-35-19-25-24(30(35)37)6-4-7-26(25)33;28-23-4-1-3-21-22(23)16-30(27(21)32)15-17-6-8-18(9-7-17)25(31)14-20-13-19(10-11-24(20)29)26-5-2-12-33-26/h4-16H,17-19H2,1-3H3,(H,34,38);1-13H,14-16,29H2. The Labute approximate surface area is 449 Å². The largest absolute Gasteiger partial charge is 0.444 e. The Hall–Kier alpha value is -6.97. The van der Waals surface area contributed by atoms with Gasteiger partial charge in [-0.15, -0.1) is 22.7 Å². The number of nitrogens with two attached hydrogens (primary N) is 1. The van der Waals surface area contributed by atoms with E-state index in [1.807, 2.05) is 143 Å². The fraction of sp³-hybridized carbons (Fsp3) is 0.169. The highest BCUT2D eigenvalue weighted by Crippen LogP contribution is 2.34. The van der Waals surface area contributed by atoms with E-state index in [4.69, 9.17) is 10.5 Å². The van der Waals surface area contributed by atoms with E-state index < -0.39 is 11.7 Å².